The summed E-state index contributed by atoms with van der Waals surface area (Å²) >= 11 is 5.81. The summed E-state index contributed by atoms with van der Waals surface area (Å²) in [6.45, 7) is 0.237. The molecule has 1 saturated carbocycles. The van der Waals surface area contributed by atoms with Gasteiger partial charge in [-0.3, -0.25) is 9.59 Å². The van der Waals surface area contributed by atoms with Gasteiger partial charge in [0.2, 0.25) is 5.91 Å². The number of rotatable bonds is 5. The van der Waals surface area contributed by atoms with E-state index >= 15 is 0 Å². The molecule has 7 heteroatoms. The lowest BCUT2D eigenvalue weighted by Gasteiger charge is -2.21. The monoisotopic (exact) mass is 400 g/mol. The van der Waals surface area contributed by atoms with Gasteiger partial charge in [-0.25, -0.2) is 0 Å². The zero-order valence-electron chi connectivity index (χ0n) is 15.3. The first-order valence-corrected chi connectivity index (χ1v) is 9.77. The van der Waals surface area contributed by atoms with Gasteiger partial charge < -0.3 is 20.1 Å². The van der Waals surface area contributed by atoms with Gasteiger partial charge >= 0.3 is 0 Å². The summed E-state index contributed by atoms with van der Waals surface area (Å²) in [5.41, 5.74) is 1.15. The molecular formula is C21H21ClN2O4. The fourth-order valence-corrected chi connectivity index (χ4v) is 3.63. The third-order valence-corrected chi connectivity index (χ3v) is 5.18. The van der Waals surface area contributed by atoms with Crippen LogP contribution in [0.2, 0.25) is 5.02 Å². The van der Waals surface area contributed by atoms with E-state index < -0.39 is 5.79 Å². The molecule has 0 atom stereocenters. The number of hydrogen-bond donors (Lipinski definition) is 2. The number of halogens is 1. The fraction of sp³-hybridized carbons (Fsp3) is 0.333. The highest BCUT2D eigenvalue weighted by molar-refractivity contribution is 6.30. The molecule has 2 amide bonds. The van der Waals surface area contributed by atoms with Gasteiger partial charge in [0.1, 0.15) is 0 Å². The quantitative estimate of drug-likeness (QED) is 0.790. The Morgan fingerprint density at radius 3 is 2.46 bits per heavy atom. The topological polar surface area (TPSA) is 76.7 Å². The summed E-state index contributed by atoms with van der Waals surface area (Å²) in [6.07, 6.45) is 4.13. The predicted octanol–water partition coefficient (Wildman–Crippen LogP) is 4.14. The van der Waals surface area contributed by atoms with Crippen molar-refractivity contribution in [3.05, 3.63) is 53.1 Å². The maximum absolute atomic E-state index is 12.2. The summed E-state index contributed by atoms with van der Waals surface area (Å²) < 4.78 is 12.0. The molecule has 28 heavy (non-hydrogen) atoms. The van der Waals surface area contributed by atoms with E-state index in [2.05, 4.69) is 10.6 Å². The van der Waals surface area contributed by atoms with E-state index in [4.69, 9.17) is 21.1 Å². The van der Waals surface area contributed by atoms with Crippen LogP contribution in [0.15, 0.2) is 42.5 Å². The van der Waals surface area contributed by atoms with Crippen molar-refractivity contribution in [2.45, 2.75) is 37.9 Å². The van der Waals surface area contributed by atoms with Crippen LogP contribution in [0.25, 0.3) is 0 Å². The van der Waals surface area contributed by atoms with Crippen molar-refractivity contribution in [2.24, 2.45) is 0 Å². The maximum atomic E-state index is 12.2. The average Bonchev–Trinajstić information content (AvgIpc) is 3.27. The zero-order valence-corrected chi connectivity index (χ0v) is 16.1. The molecule has 1 fully saturated rings. The Labute approximate surface area is 168 Å². The molecule has 0 saturated heterocycles. The fourth-order valence-electron chi connectivity index (χ4n) is 3.51. The molecule has 1 aliphatic heterocycles. The van der Waals surface area contributed by atoms with Crippen molar-refractivity contribution in [3.8, 4) is 11.5 Å². The molecule has 0 unspecified atom stereocenters. The molecule has 0 radical (unpaired) electrons. The smallest absolute Gasteiger partial charge is 0.251 e. The highest BCUT2D eigenvalue weighted by Gasteiger charge is 2.44. The summed E-state index contributed by atoms with van der Waals surface area (Å²) in [5, 5.41) is 6.12. The Morgan fingerprint density at radius 1 is 1.00 bits per heavy atom. The van der Waals surface area contributed by atoms with Crippen LogP contribution in [0.5, 0.6) is 11.5 Å². The van der Waals surface area contributed by atoms with Gasteiger partial charge in [-0.05, 0) is 49.2 Å². The van der Waals surface area contributed by atoms with Crippen LogP contribution >= 0.6 is 11.6 Å². The minimum atomic E-state index is -0.517. The summed E-state index contributed by atoms with van der Waals surface area (Å²) in [4.78, 5) is 24.2. The molecule has 146 valence electrons. The molecule has 0 bridgehead atoms. The average molecular weight is 401 g/mol. The molecule has 2 aromatic rings. The highest BCUT2D eigenvalue weighted by Crippen LogP contribution is 2.47. The van der Waals surface area contributed by atoms with E-state index in [1.54, 1.807) is 36.4 Å². The van der Waals surface area contributed by atoms with Crippen molar-refractivity contribution in [1.29, 1.82) is 0 Å². The van der Waals surface area contributed by atoms with Crippen molar-refractivity contribution < 1.29 is 19.1 Å². The first kappa shape index (κ1) is 18.6. The van der Waals surface area contributed by atoms with Crippen LogP contribution in [0.1, 0.15) is 42.5 Å². The minimum Gasteiger partial charge on any atom is -0.448 e. The molecule has 6 nitrogen and oxygen atoms in total. The first-order chi connectivity index (χ1) is 13.5. The van der Waals surface area contributed by atoms with E-state index in [-0.39, 0.29) is 24.8 Å². The number of carbonyl (C=O) groups excluding carboxylic acids is 2. The number of hydrogen-bond acceptors (Lipinski definition) is 4. The van der Waals surface area contributed by atoms with E-state index in [9.17, 15) is 9.59 Å². The second kappa shape index (κ2) is 7.72. The van der Waals surface area contributed by atoms with Gasteiger partial charge in [0.05, 0.1) is 0 Å². The summed E-state index contributed by atoms with van der Waals surface area (Å²) in [5.74, 6) is 0.433. The Bertz CT molecular complexity index is 892. The molecule has 0 aromatic heterocycles. The Morgan fingerprint density at radius 2 is 1.71 bits per heavy atom. The van der Waals surface area contributed by atoms with Crippen LogP contribution in [0.4, 0.5) is 5.69 Å². The maximum Gasteiger partial charge on any atom is 0.251 e. The van der Waals surface area contributed by atoms with Crippen molar-refractivity contribution in [1.82, 2.24) is 5.32 Å². The largest absolute Gasteiger partial charge is 0.448 e. The van der Waals surface area contributed by atoms with Gasteiger partial charge in [0.15, 0.2) is 11.5 Å². The number of fused-ring (bicyclic) bond motifs is 1. The Balaban J connectivity index is 1.27. The van der Waals surface area contributed by atoms with E-state index in [1.165, 1.54) is 0 Å². The molecule has 2 aromatic carbocycles. The Kier molecular flexibility index (Phi) is 5.13. The third-order valence-electron chi connectivity index (χ3n) is 4.93. The van der Waals surface area contributed by atoms with Gasteiger partial charge in [0, 0.05) is 48.1 Å². The zero-order chi connectivity index (χ0) is 19.6. The summed E-state index contributed by atoms with van der Waals surface area (Å²) in [6, 6.07) is 12.0. The van der Waals surface area contributed by atoms with Crippen LogP contribution in [-0.2, 0) is 4.79 Å². The van der Waals surface area contributed by atoms with Gasteiger partial charge in [-0.1, -0.05) is 11.6 Å². The lowest BCUT2D eigenvalue weighted by atomic mass is 10.2. The van der Waals surface area contributed by atoms with Crippen LogP contribution in [0.3, 0.4) is 0 Å². The molecule has 2 N–H and O–H groups in total. The van der Waals surface area contributed by atoms with Crippen molar-refractivity contribution >= 4 is 29.1 Å². The van der Waals surface area contributed by atoms with Gasteiger partial charge in [-0.2, -0.15) is 0 Å². The standard InChI is InChI=1S/C21H21ClN2O4/c22-15-5-3-14(4-6-15)20(26)23-12-9-19(25)24-16-7-8-17-18(13-16)28-21(27-17)10-1-2-11-21/h3-8,13H,1-2,9-12H2,(H,23,26)(H,24,25). The predicted molar refractivity (Wildman–Crippen MR) is 106 cm³/mol. The van der Waals surface area contributed by atoms with E-state index in [0.717, 1.165) is 31.4 Å². The number of benzene rings is 2. The second-order valence-electron chi connectivity index (χ2n) is 7.04. The number of amides is 2. The summed E-state index contributed by atoms with van der Waals surface area (Å²) in [7, 11) is 0. The van der Waals surface area contributed by atoms with E-state index in [1.807, 2.05) is 6.07 Å². The minimum absolute atomic E-state index is 0.164. The lowest BCUT2D eigenvalue weighted by molar-refractivity contribution is -0.116. The highest BCUT2D eigenvalue weighted by atomic mass is 35.5. The van der Waals surface area contributed by atoms with Gasteiger partial charge in [0.25, 0.3) is 11.7 Å². The number of carbonyl (C=O) groups is 2. The molecule has 2 aliphatic rings. The molecule has 1 aliphatic carbocycles. The second-order valence-corrected chi connectivity index (χ2v) is 7.48. The van der Waals surface area contributed by atoms with Crippen molar-refractivity contribution in [3.63, 3.8) is 0 Å². The lowest BCUT2D eigenvalue weighted by Crippen LogP contribution is -2.34. The number of anilines is 1. The van der Waals surface area contributed by atoms with E-state index in [0.29, 0.717) is 22.0 Å². The van der Waals surface area contributed by atoms with Gasteiger partial charge in [-0.15, -0.1) is 0 Å². The van der Waals surface area contributed by atoms with Crippen molar-refractivity contribution in [2.75, 3.05) is 11.9 Å². The SMILES string of the molecule is O=C(CCNC(=O)c1ccc(Cl)cc1)Nc1ccc2c(c1)OC1(CCCC1)O2. The molecule has 1 spiro atoms. The Hall–Kier alpha value is -2.73. The number of nitrogens with one attached hydrogen (secondary N) is 2. The number of ether oxygens (including phenoxy) is 2. The normalized spacial score (nSPS) is 16.2. The third kappa shape index (κ3) is 4.07. The van der Waals surface area contributed by atoms with Crippen LogP contribution in [-0.4, -0.2) is 24.1 Å². The molecule has 1 heterocycles. The van der Waals surface area contributed by atoms with Crippen LogP contribution < -0.4 is 20.1 Å². The van der Waals surface area contributed by atoms with Crippen LogP contribution in [0, 0.1) is 0 Å². The molecule has 4 rings (SSSR count). The molecular weight excluding hydrogens is 380 g/mol. The first-order valence-electron chi connectivity index (χ1n) is 9.39.